The van der Waals surface area contributed by atoms with Crippen LogP contribution in [0.2, 0.25) is 0 Å². The molecule has 0 radical (unpaired) electrons. The lowest BCUT2D eigenvalue weighted by molar-refractivity contribution is 0.542. The molecule has 0 aromatic heterocycles. The Morgan fingerprint density at radius 1 is 1.67 bits per heavy atom. The van der Waals surface area contributed by atoms with Gasteiger partial charge in [-0.25, -0.2) is 0 Å². The van der Waals surface area contributed by atoms with Crippen LogP contribution in [-0.2, 0) is 10.8 Å². The van der Waals surface area contributed by atoms with Gasteiger partial charge in [-0.1, -0.05) is 0 Å². The summed E-state index contributed by atoms with van der Waals surface area (Å²) in [5.41, 5.74) is 0. The molecule has 0 rings (SSSR count). The molecule has 2 atom stereocenters. The van der Waals surface area contributed by atoms with Gasteiger partial charge in [0.2, 0.25) is 0 Å². The van der Waals surface area contributed by atoms with Crippen LogP contribution in [0, 0.1) is 11.3 Å². The van der Waals surface area contributed by atoms with Crippen LogP contribution in [0.25, 0.3) is 0 Å². The molecule has 0 aliphatic carbocycles. The maximum atomic E-state index is 10.7. The van der Waals surface area contributed by atoms with E-state index >= 15 is 0 Å². The van der Waals surface area contributed by atoms with Crippen LogP contribution in [-0.4, -0.2) is 28.8 Å². The second-order valence-electron chi connectivity index (χ2n) is 2.83. The zero-order valence-corrected chi connectivity index (χ0v) is 8.49. The van der Waals surface area contributed by atoms with Gasteiger partial charge in [-0.15, -0.1) is 0 Å². The quantitative estimate of drug-likeness (QED) is 0.623. The van der Waals surface area contributed by atoms with Crippen LogP contribution in [0.1, 0.15) is 19.8 Å². The van der Waals surface area contributed by atoms with E-state index in [0.29, 0.717) is 12.5 Å². The summed E-state index contributed by atoms with van der Waals surface area (Å²) in [5, 5.41) is 11.4. The van der Waals surface area contributed by atoms with Crippen molar-refractivity contribution in [3.63, 3.8) is 0 Å². The highest BCUT2D eigenvalue weighted by atomic mass is 32.2. The Morgan fingerprint density at radius 3 is 2.83 bits per heavy atom. The molecule has 0 amide bonds. The molecule has 3 nitrogen and oxygen atoms in total. The van der Waals surface area contributed by atoms with E-state index < -0.39 is 10.8 Å². The third kappa shape index (κ3) is 7.70. The van der Waals surface area contributed by atoms with Crippen LogP contribution >= 0.6 is 0 Å². The molecule has 0 aromatic rings. The minimum atomic E-state index is -0.698. The largest absolute Gasteiger partial charge is 0.313 e. The van der Waals surface area contributed by atoms with Gasteiger partial charge in [0.05, 0.1) is 6.07 Å². The SMILES string of the molecule is CC(CCS(C)=O)NCCC#N. The first-order chi connectivity index (χ1) is 5.66. The molecule has 12 heavy (non-hydrogen) atoms. The summed E-state index contributed by atoms with van der Waals surface area (Å²) in [7, 11) is -0.698. The Balaban J connectivity index is 3.28. The predicted molar refractivity (Wildman–Crippen MR) is 51.2 cm³/mol. The Hall–Kier alpha value is -0.400. The Morgan fingerprint density at radius 2 is 2.33 bits per heavy atom. The molecular weight excluding hydrogens is 172 g/mol. The van der Waals surface area contributed by atoms with Crippen molar-refractivity contribution >= 4 is 10.8 Å². The van der Waals surface area contributed by atoms with Crippen molar-refractivity contribution in [2.75, 3.05) is 18.6 Å². The highest BCUT2D eigenvalue weighted by Gasteiger charge is 2.00. The van der Waals surface area contributed by atoms with E-state index in [1.165, 1.54) is 0 Å². The average Bonchev–Trinajstić information content (AvgIpc) is 2.01. The second kappa shape index (κ2) is 7.26. The van der Waals surface area contributed by atoms with Crippen molar-refractivity contribution in [1.29, 1.82) is 5.26 Å². The summed E-state index contributed by atoms with van der Waals surface area (Å²) >= 11 is 0. The third-order valence-corrected chi connectivity index (χ3v) is 2.38. The van der Waals surface area contributed by atoms with Gasteiger partial charge >= 0.3 is 0 Å². The Kier molecular flexibility index (Phi) is 7.02. The van der Waals surface area contributed by atoms with E-state index in [-0.39, 0.29) is 0 Å². The van der Waals surface area contributed by atoms with Gasteiger partial charge in [-0.3, -0.25) is 4.21 Å². The van der Waals surface area contributed by atoms with Crippen molar-refractivity contribution in [3.05, 3.63) is 0 Å². The molecule has 0 fully saturated rings. The van der Waals surface area contributed by atoms with Crippen LogP contribution < -0.4 is 5.32 Å². The van der Waals surface area contributed by atoms with Gasteiger partial charge in [-0.2, -0.15) is 5.26 Å². The molecule has 0 heterocycles. The predicted octanol–water partition coefficient (Wildman–Crippen LogP) is 0.647. The number of nitriles is 1. The van der Waals surface area contributed by atoms with Gasteiger partial charge in [0, 0.05) is 41.8 Å². The van der Waals surface area contributed by atoms with E-state index in [9.17, 15) is 4.21 Å². The summed E-state index contributed by atoms with van der Waals surface area (Å²) in [6.07, 6.45) is 3.16. The number of rotatable bonds is 6. The summed E-state index contributed by atoms with van der Waals surface area (Å²) in [6.45, 7) is 2.78. The molecule has 0 aromatic carbocycles. The smallest absolute Gasteiger partial charge is 0.0635 e. The lowest BCUT2D eigenvalue weighted by atomic mass is 10.2. The highest BCUT2D eigenvalue weighted by Crippen LogP contribution is 1.92. The maximum absolute atomic E-state index is 10.7. The normalized spacial score (nSPS) is 15.1. The lowest BCUT2D eigenvalue weighted by Crippen LogP contribution is -2.28. The van der Waals surface area contributed by atoms with Crippen molar-refractivity contribution in [3.8, 4) is 6.07 Å². The van der Waals surface area contributed by atoms with Gasteiger partial charge in [0.15, 0.2) is 0 Å². The Bertz CT molecular complexity index is 176. The molecule has 0 saturated heterocycles. The van der Waals surface area contributed by atoms with Crippen LogP contribution in [0.5, 0.6) is 0 Å². The number of nitrogens with zero attached hydrogens (tertiary/aromatic N) is 1. The van der Waals surface area contributed by atoms with E-state index in [4.69, 9.17) is 5.26 Å². The second-order valence-corrected chi connectivity index (χ2v) is 4.38. The first kappa shape index (κ1) is 11.6. The van der Waals surface area contributed by atoms with E-state index in [0.717, 1.165) is 18.7 Å². The van der Waals surface area contributed by atoms with Crippen molar-refractivity contribution in [1.82, 2.24) is 5.32 Å². The third-order valence-electron chi connectivity index (χ3n) is 1.57. The number of hydrogen-bond acceptors (Lipinski definition) is 3. The molecular formula is C8H16N2OS. The standard InChI is InChI=1S/C8H16N2OS/c1-8(4-7-12(2)11)10-6-3-5-9/h8,10H,3-4,6-7H2,1-2H3. The lowest BCUT2D eigenvalue weighted by Gasteiger charge is -2.10. The minimum absolute atomic E-state index is 0.363. The minimum Gasteiger partial charge on any atom is -0.313 e. The molecule has 0 aliphatic rings. The zero-order valence-electron chi connectivity index (χ0n) is 7.67. The highest BCUT2D eigenvalue weighted by molar-refractivity contribution is 7.84. The fourth-order valence-corrected chi connectivity index (χ4v) is 1.50. The van der Waals surface area contributed by atoms with Crippen LogP contribution in [0.3, 0.4) is 0 Å². The van der Waals surface area contributed by atoms with Crippen molar-refractivity contribution in [2.24, 2.45) is 0 Å². The van der Waals surface area contributed by atoms with E-state index in [1.54, 1.807) is 6.26 Å². The molecule has 4 heteroatoms. The zero-order chi connectivity index (χ0) is 9.40. The van der Waals surface area contributed by atoms with E-state index in [1.807, 2.05) is 6.92 Å². The molecule has 70 valence electrons. The Labute approximate surface area is 76.6 Å². The molecule has 0 spiro atoms. The van der Waals surface area contributed by atoms with Crippen LogP contribution in [0.4, 0.5) is 0 Å². The monoisotopic (exact) mass is 188 g/mol. The summed E-state index contributed by atoms with van der Waals surface area (Å²) in [5.74, 6) is 0.737. The van der Waals surface area contributed by atoms with Gasteiger partial charge in [-0.05, 0) is 13.3 Å². The fourth-order valence-electron chi connectivity index (χ4n) is 0.819. The van der Waals surface area contributed by atoms with Gasteiger partial charge in [0.1, 0.15) is 0 Å². The van der Waals surface area contributed by atoms with E-state index in [2.05, 4.69) is 11.4 Å². The molecule has 1 N–H and O–H groups in total. The summed E-state index contributed by atoms with van der Waals surface area (Å²) in [6, 6.07) is 2.43. The molecule has 0 bridgehead atoms. The van der Waals surface area contributed by atoms with Crippen molar-refractivity contribution < 1.29 is 4.21 Å². The first-order valence-electron chi connectivity index (χ1n) is 4.07. The first-order valence-corrected chi connectivity index (χ1v) is 5.80. The van der Waals surface area contributed by atoms with Gasteiger partial charge in [0.25, 0.3) is 0 Å². The maximum Gasteiger partial charge on any atom is 0.0635 e. The average molecular weight is 188 g/mol. The fraction of sp³-hybridized carbons (Fsp3) is 0.875. The summed E-state index contributed by atoms with van der Waals surface area (Å²) in [4.78, 5) is 0. The molecule has 0 saturated carbocycles. The number of nitrogens with one attached hydrogen (secondary N) is 1. The number of hydrogen-bond donors (Lipinski definition) is 1. The van der Waals surface area contributed by atoms with Crippen LogP contribution in [0.15, 0.2) is 0 Å². The van der Waals surface area contributed by atoms with Crippen molar-refractivity contribution in [2.45, 2.75) is 25.8 Å². The topological polar surface area (TPSA) is 52.9 Å². The molecule has 2 unspecified atom stereocenters. The van der Waals surface area contributed by atoms with Gasteiger partial charge < -0.3 is 5.32 Å². The molecule has 0 aliphatic heterocycles. The summed E-state index contributed by atoms with van der Waals surface area (Å²) < 4.78 is 10.7.